The number of rotatable bonds is 7. The van der Waals surface area contributed by atoms with Crippen LogP contribution in [0.2, 0.25) is 0 Å². The molecule has 2 unspecified atom stereocenters. The molecule has 1 aromatic rings. The van der Waals surface area contributed by atoms with Crippen molar-refractivity contribution in [2.45, 2.75) is 38.9 Å². The van der Waals surface area contributed by atoms with Crippen molar-refractivity contribution in [3.63, 3.8) is 0 Å². The first-order chi connectivity index (χ1) is 10.0. The number of ketones is 1. The minimum Gasteiger partial charge on any atom is -0.388 e. The molecule has 1 aromatic carbocycles. The van der Waals surface area contributed by atoms with Crippen molar-refractivity contribution in [3.05, 3.63) is 53.1 Å². The smallest absolute Gasteiger partial charge is 0.367 e. The van der Waals surface area contributed by atoms with Crippen molar-refractivity contribution >= 4 is 11.5 Å². The van der Waals surface area contributed by atoms with Gasteiger partial charge in [0.1, 0.15) is 0 Å². The fourth-order valence-electron chi connectivity index (χ4n) is 1.96. The van der Waals surface area contributed by atoms with E-state index in [9.17, 15) is 15.0 Å². The molecule has 2 atom stereocenters. The third-order valence-corrected chi connectivity index (χ3v) is 3.20. The molecule has 0 spiro atoms. The van der Waals surface area contributed by atoms with Gasteiger partial charge in [0.15, 0.2) is 6.10 Å². The fourth-order valence-corrected chi connectivity index (χ4v) is 1.96. The highest BCUT2D eigenvalue weighted by molar-refractivity contribution is 6.39. The summed E-state index contributed by atoms with van der Waals surface area (Å²) in [5.74, 6) is -0.592. The Morgan fingerprint density at radius 2 is 1.95 bits per heavy atom. The van der Waals surface area contributed by atoms with E-state index in [0.717, 1.165) is 6.42 Å². The van der Waals surface area contributed by atoms with Crippen molar-refractivity contribution in [1.82, 2.24) is 0 Å². The molecule has 0 aliphatic heterocycles. The Hall–Kier alpha value is -2.07. The van der Waals surface area contributed by atoms with Crippen LogP contribution in [0, 0.1) is 0 Å². The molecule has 0 bridgehead atoms. The zero-order valence-electron chi connectivity index (χ0n) is 12.2. The molecule has 5 heteroatoms. The number of carbonyl (C=O) groups excluding carboxylic acids is 1. The summed E-state index contributed by atoms with van der Waals surface area (Å²) in [6.45, 7) is 3.66. The van der Waals surface area contributed by atoms with Gasteiger partial charge in [0.05, 0.1) is 6.10 Å². The van der Waals surface area contributed by atoms with E-state index in [1.165, 1.54) is 0 Å². The number of hydrogen-bond acceptors (Lipinski definition) is 3. The van der Waals surface area contributed by atoms with Gasteiger partial charge in [0, 0.05) is 6.42 Å². The Labute approximate surface area is 124 Å². The number of benzene rings is 1. The number of Topliss-reactive ketones (excluding diaryl/α,β-unsaturated/α-hetero) is 1. The summed E-state index contributed by atoms with van der Waals surface area (Å²) in [7, 11) is 0. The van der Waals surface area contributed by atoms with Gasteiger partial charge in [-0.15, -0.1) is 0 Å². The summed E-state index contributed by atoms with van der Waals surface area (Å²) >= 11 is 0. The van der Waals surface area contributed by atoms with E-state index in [4.69, 9.17) is 5.53 Å². The number of carbonyl (C=O) groups is 1. The minimum absolute atomic E-state index is 0.231. The fraction of sp³-hybridized carbons (Fsp3) is 0.375. The molecule has 0 amide bonds. The van der Waals surface area contributed by atoms with Gasteiger partial charge in [-0.3, -0.25) is 4.79 Å². The lowest BCUT2D eigenvalue weighted by molar-refractivity contribution is -0.120. The van der Waals surface area contributed by atoms with Gasteiger partial charge in [-0.1, -0.05) is 43.3 Å². The molecule has 0 aromatic heterocycles. The second kappa shape index (κ2) is 8.27. The summed E-state index contributed by atoms with van der Waals surface area (Å²) < 4.78 is 0. The Kier molecular flexibility index (Phi) is 6.69. The SMILES string of the molecule is CC/C=C(\C)C(O)CC(=O)C(=[N+]=[N-])C(O)c1ccccc1. The lowest BCUT2D eigenvalue weighted by Gasteiger charge is -2.10. The second-order valence-electron chi connectivity index (χ2n) is 4.80. The van der Waals surface area contributed by atoms with Crippen molar-refractivity contribution in [2.75, 3.05) is 0 Å². The Bertz CT molecular complexity index is 560. The lowest BCUT2D eigenvalue weighted by atomic mass is 9.97. The third kappa shape index (κ3) is 4.76. The van der Waals surface area contributed by atoms with Crippen molar-refractivity contribution in [2.24, 2.45) is 0 Å². The van der Waals surface area contributed by atoms with E-state index in [-0.39, 0.29) is 12.1 Å². The summed E-state index contributed by atoms with van der Waals surface area (Å²) in [4.78, 5) is 15.0. The minimum atomic E-state index is -1.31. The van der Waals surface area contributed by atoms with Gasteiger partial charge in [0.2, 0.25) is 5.78 Å². The standard InChI is InChI=1S/C16H20N2O3/c1-3-7-11(2)13(19)10-14(20)15(18-17)16(21)12-8-5-4-6-9-12/h4-9,13,16,19,21H,3,10H2,1-2H3/b11-7+. The summed E-state index contributed by atoms with van der Waals surface area (Å²) in [6.07, 6.45) is 0.0842. The molecular formula is C16H20N2O3. The Balaban J connectivity index is 2.84. The van der Waals surface area contributed by atoms with E-state index < -0.39 is 18.0 Å². The van der Waals surface area contributed by atoms with Crippen LogP contribution in [0.3, 0.4) is 0 Å². The van der Waals surface area contributed by atoms with Crippen LogP contribution in [0.4, 0.5) is 0 Å². The Morgan fingerprint density at radius 3 is 2.48 bits per heavy atom. The van der Waals surface area contributed by atoms with Crippen LogP contribution in [0.1, 0.15) is 38.4 Å². The second-order valence-corrected chi connectivity index (χ2v) is 4.80. The van der Waals surface area contributed by atoms with Crippen molar-refractivity contribution < 1.29 is 19.8 Å². The van der Waals surface area contributed by atoms with Crippen LogP contribution in [-0.2, 0) is 4.79 Å². The van der Waals surface area contributed by atoms with Gasteiger partial charge in [0.25, 0.3) is 0 Å². The molecule has 0 radical (unpaired) electrons. The van der Waals surface area contributed by atoms with Crippen molar-refractivity contribution in [1.29, 1.82) is 0 Å². The highest BCUT2D eigenvalue weighted by Gasteiger charge is 2.32. The quantitative estimate of drug-likeness (QED) is 0.348. The predicted molar refractivity (Wildman–Crippen MR) is 79.7 cm³/mol. The van der Waals surface area contributed by atoms with E-state index in [1.807, 2.05) is 13.0 Å². The maximum absolute atomic E-state index is 12.1. The molecule has 5 nitrogen and oxygen atoms in total. The van der Waals surface area contributed by atoms with Gasteiger partial charge in [-0.25, -0.2) is 0 Å². The first-order valence-electron chi connectivity index (χ1n) is 6.84. The molecular weight excluding hydrogens is 268 g/mol. The first kappa shape index (κ1) is 17.0. The molecule has 0 fully saturated rings. The number of aliphatic hydroxyl groups is 2. The average molecular weight is 288 g/mol. The molecule has 0 aliphatic rings. The molecule has 0 saturated heterocycles. The number of hydrogen-bond donors (Lipinski definition) is 2. The topological polar surface area (TPSA) is 93.9 Å². The zero-order valence-corrected chi connectivity index (χ0v) is 12.2. The first-order valence-corrected chi connectivity index (χ1v) is 6.84. The largest absolute Gasteiger partial charge is 0.388 e. The molecule has 0 heterocycles. The van der Waals surface area contributed by atoms with E-state index in [1.54, 1.807) is 37.3 Å². The number of aliphatic hydroxyl groups excluding tert-OH is 2. The average Bonchev–Trinajstić information content (AvgIpc) is 2.48. The highest BCUT2D eigenvalue weighted by atomic mass is 16.3. The Morgan fingerprint density at radius 1 is 1.33 bits per heavy atom. The zero-order chi connectivity index (χ0) is 15.8. The molecule has 2 N–H and O–H groups in total. The maximum atomic E-state index is 12.1. The monoisotopic (exact) mass is 288 g/mol. The third-order valence-electron chi connectivity index (χ3n) is 3.20. The predicted octanol–water partition coefficient (Wildman–Crippen LogP) is 2.07. The van der Waals surface area contributed by atoms with Crippen LogP contribution in [0.25, 0.3) is 5.53 Å². The van der Waals surface area contributed by atoms with Crippen LogP contribution in [0.15, 0.2) is 42.0 Å². The molecule has 0 saturated carbocycles. The van der Waals surface area contributed by atoms with Crippen LogP contribution in [0.5, 0.6) is 0 Å². The van der Waals surface area contributed by atoms with E-state index >= 15 is 0 Å². The van der Waals surface area contributed by atoms with Crippen LogP contribution >= 0.6 is 0 Å². The summed E-state index contributed by atoms with van der Waals surface area (Å²) in [5, 5.41) is 20.0. The summed E-state index contributed by atoms with van der Waals surface area (Å²) in [6, 6.07) is 8.45. The van der Waals surface area contributed by atoms with Gasteiger partial charge in [-0.2, -0.15) is 4.79 Å². The molecule has 0 aliphatic carbocycles. The van der Waals surface area contributed by atoms with Crippen LogP contribution < -0.4 is 0 Å². The van der Waals surface area contributed by atoms with E-state index in [0.29, 0.717) is 11.1 Å². The molecule has 112 valence electrons. The lowest BCUT2D eigenvalue weighted by Crippen LogP contribution is -2.27. The van der Waals surface area contributed by atoms with Gasteiger partial charge < -0.3 is 15.7 Å². The van der Waals surface area contributed by atoms with Crippen molar-refractivity contribution in [3.8, 4) is 0 Å². The van der Waals surface area contributed by atoms with E-state index in [2.05, 4.69) is 4.79 Å². The van der Waals surface area contributed by atoms with Crippen LogP contribution in [-0.4, -0.2) is 32.6 Å². The number of allylic oxidation sites excluding steroid dienone is 1. The highest BCUT2D eigenvalue weighted by Crippen LogP contribution is 2.16. The van der Waals surface area contributed by atoms with Gasteiger partial charge in [-0.05, 0) is 24.5 Å². The maximum Gasteiger partial charge on any atom is 0.367 e. The summed E-state index contributed by atoms with van der Waals surface area (Å²) in [5.41, 5.74) is 9.75. The van der Waals surface area contributed by atoms with Gasteiger partial charge >= 0.3 is 5.71 Å². The number of nitrogens with zero attached hydrogens (tertiary/aromatic N) is 2. The normalized spacial score (nSPS) is 14.2. The molecule has 1 rings (SSSR count). The molecule has 21 heavy (non-hydrogen) atoms.